The zero-order valence-corrected chi connectivity index (χ0v) is 15.3. The first kappa shape index (κ1) is 18.9. The molecule has 1 fully saturated rings. The zero-order chi connectivity index (χ0) is 19.1. The quantitative estimate of drug-likeness (QED) is 0.812. The standard InChI is InChI=1S/C17H20F3N3O2S/c1-22(26(2,24)25)13-4-3-9-23(11-13)16-7-8-21-15-10-12(17(18,19)20)5-6-14(15)16/h5-8,10,13H,3-4,9,11H2,1-2H3. The van der Waals surface area contributed by atoms with Gasteiger partial charge in [0.1, 0.15) is 0 Å². The van der Waals surface area contributed by atoms with E-state index in [-0.39, 0.29) is 11.6 Å². The lowest BCUT2D eigenvalue weighted by Gasteiger charge is -2.38. The maximum absolute atomic E-state index is 12.9. The molecule has 0 bridgehead atoms. The van der Waals surface area contributed by atoms with Crippen LogP contribution in [0.25, 0.3) is 10.9 Å². The van der Waals surface area contributed by atoms with Gasteiger partial charge in [0.05, 0.1) is 17.3 Å². The van der Waals surface area contributed by atoms with E-state index in [4.69, 9.17) is 0 Å². The van der Waals surface area contributed by atoms with Gasteiger partial charge >= 0.3 is 6.18 Å². The number of piperidine rings is 1. The van der Waals surface area contributed by atoms with Crippen LogP contribution in [0, 0.1) is 0 Å². The van der Waals surface area contributed by atoms with Crippen LogP contribution in [0.1, 0.15) is 18.4 Å². The summed E-state index contributed by atoms with van der Waals surface area (Å²) in [5.41, 5.74) is 0.314. The number of fused-ring (bicyclic) bond motifs is 1. The fraction of sp³-hybridized carbons (Fsp3) is 0.471. The Balaban J connectivity index is 1.95. The second-order valence-electron chi connectivity index (χ2n) is 6.58. The Morgan fingerprint density at radius 2 is 2.00 bits per heavy atom. The van der Waals surface area contributed by atoms with E-state index in [2.05, 4.69) is 4.98 Å². The smallest absolute Gasteiger partial charge is 0.369 e. The van der Waals surface area contributed by atoms with E-state index in [9.17, 15) is 21.6 Å². The van der Waals surface area contributed by atoms with E-state index in [0.717, 1.165) is 30.7 Å². The van der Waals surface area contributed by atoms with Crippen LogP contribution in [-0.4, -0.2) is 50.1 Å². The summed E-state index contributed by atoms with van der Waals surface area (Å²) in [5, 5.41) is 0.628. The Kier molecular flexibility index (Phi) is 4.87. The lowest BCUT2D eigenvalue weighted by atomic mass is 10.0. The Labute approximate surface area is 150 Å². The highest BCUT2D eigenvalue weighted by molar-refractivity contribution is 7.88. The van der Waals surface area contributed by atoms with Gasteiger partial charge in [-0.3, -0.25) is 4.98 Å². The molecule has 0 amide bonds. The number of sulfonamides is 1. The number of rotatable bonds is 3. The summed E-state index contributed by atoms with van der Waals surface area (Å²) in [6, 6.07) is 5.12. The zero-order valence-electron chi connectivity index (χ0n) is 14.5. The van der Waals surface area contributed by atoms with Crippen LogP contribution in [-0.2, 0) is 16.2 Å². The molecule has 1 unspecified atom stereocenters. The number of aromatic nitrogens is 1. The van der Waals surface area contributed by atoms with Crippen molar-refractivity contribution in [1.82, 2.24) is 9.29 Å². The lowest BCUT2D eigenvalue weighted by Crippen LogP contribution is -2.48. The molecule has 0 saturated carbocycles. The molecule has 2 heterocycles. The van der Waals surface area contributed by atoms with Crippen LogP contribution in [0.2, 0.25) is 0 Å². The summed E-state index contributed by atoms with van der Waals surface area (Å²) >= 11 is 0. The minimum atomic E-state index is -4.42. The normalized spacial score (nSPS) is 19.3. The van der Waals surface area contributed by atoms with E-state index in [1.807, 2.05) is 4.90 Å². The van der Waals surface area contributed by atoms with Crippen molar-refractivity contribution in [3.8, 4) is 0 Å². The molecule has 1 aliphatic heterocycles. The SMILES string of the molecule is CN(C1CCCN(c2ccnc3cc(C(F)(F)F)ccc23)C1)S(C)(=O)=O. The third kappa shape index (κ3) is 3.78. The van der Waals surface area contributed by atoms with Crippen molar-refractivity contribution in [3.05, 3.63) is 36.0 Å². The van der Waals surface area contributed by atoms with Gasteiger partial charge in [-0.1, -0.05) is 6.07 Å². The number of anilines is 1. The molecule has 0 spiro atoms. The Bertz CT molecular complexity index is 915. The summed E-state index contributed by atoms with van der Waals surface area (Å²) < 4.78 is 63.7. The summed E-state index contributed by atoms with van der Waals surface area (Å²) in [6.45, 7) is 1.21. The second kappa shape index (κ2) is 6.70. The fourth-order valence-electron chi connectivity index (χ4n) is 3.33. The number of pyridine rings is 1. The van der Waals surface area contributed by atoms with E-state index >= 15 is 0 Å². The summed E-state index contributed by atoms with van der Waals surface area (Å²) in [7, 11) is -1.74. The highest BCUT2D eigenvalue weighted by Gasteiger charge is 2.32. The average molecular weight is 387 g/mol. The van der Waals surface area contributed by atoms with Crippen LogP contribution in [0.5, 0.6) is 0 Å². The van der Waals surface area contributed by atoms with Crippen molar-refractivity contribution < 1.29 is 21.6 Å². The fourth-order valence-corrected chi connectivity index (χ4v) is 4.04. The van der Waals surface area contributed by atoms with Gasteiger partial charge in [-0.05, 0) is 31.0 Å². The minimum Gasteiger partial charge on any atom is -0.369 e. The molecule has 3 rings (SSSR count). The predicted molar refractivity (Wildman–Crippen MR) is 94.6 cm³/mol. The molecule has 0 N–H and O–H groups in total. The molecule has 1 aliphatic rings. The van der Waals surface area contributed by atoms with Crippen molar-refractivity contribution >= 4 is 26.6 Å². The van der Waals surface area contributed by atoms with Crippen LogP contribution >= 0.6 is 0 Å². The van der Waals surface area contributed by atoms with Crippen molar-refractivity contribution in [3.63, 3.8) is 0 Å². The first-order valence-electron chi connectivity index (χ1n) is 8.21. The maximum Gasteiger partial charge on any atom is 0.416 e. The third-order valence-corrected chi connectivity index (χ3v) is 6.17. The molecule has 1 atom stereocenters. The molecule has 0 aliphatic carbocycles. The molecule has 2 aromatic rings. The third-order valence-electron chi connectivity index (χ3n) is 4.82. The van der Waals surface area contributed by atoms with Gasteiger partial charge in [-0.15, -0.1) is 0 Å². The topological polar surface area (TPSA) is 53.5 Å². The maximum atomic E-state index is 12.9. The van der Waals surface area contributed by atoms with Gasteiger partial charge < -0.3 is 4.90 Å². The number of hydrogen-bond donors (Lipinski definition) is 0. The Hall–Kier alpha value is -1.87. The molecular formula is C17H20F3N3O2S. The second-order valence-corrected chi connectivity index (χ2v) is 8.62. The summed E-state index contributed by atoms with van der Waals surface area (Å²) in [4.78, 5) is 6.09. The monoisotopic (exact) mass is 387 g/mol. The molecule has 1 saturated heterocycles. The minimum absolute atomic E-state index is 0.170. The summed E-state index contributed by atoms with van der Waals surface area (Å²) in [6.07, 6.45) is -0.204. The van der Waals surface area contributed by atoms with Gasteiger partial charge in [-0.2, -0.15) is 13.2 Å². The average Bonchev–Trinajstić information content (AvgIpc) is 2.58. The van der Waals surface area contributed by atoms with E-state index < -0.39 is 21.8 Å². The van der Waals surface area contributed by atoms with Crippen LogP contribution in [0.3, 0.4) is 0 Å². The first-order valence-corrected chi connectivity index (χ1v) is 10.1. The number of halogens is 3. The van der Waals surface area contributed by atoms with E-state index in [1.165, 1.54) is 22.8 Å². The number of hydrogen-bond acceptors (Lipinski definition) is 4. The largest absolute Gasteiger partial charge is 0.416 e. The number of nitrogens with zero attached hydrogens (tertiary/aromatic N) is 3. The summed E-state index contributed by atoms with van der Waals surface area (Å²) in [5.74, 6) is 0. The van der Waals surface area contributed by atoms with Gasteiger partial charge in [0.15, 0.2) is 0 Å². The van der Waals surface area contributed by atoms with Gasteiger partial charge in [0.25, 0.3) is 0 Å². The molecule has 0 radical (unpaired) electrons. The molecule has 9 heteroatoms. The Morgan fingerprint density at radius 3 is 2.65 bits per heavy atom. The molecule has 1 aromatic heterocycles. The number of alkyl halides is 3. The molecular weight excluding hydrogens is 367 g/mol. The first-order chi connectivity index (χ1) is 12.1. The highest BCUT2D eigenvalue weighted by Crippen LogP contribution is 2.34. The highest BCUT2D eigenvalue weighted by atomic mass is 32.2. The van der Waals surface area contributed by atoms with Crippen LogP contribution in [0.4, 0.5) is 18.9 Å². The van der Waals surface area contributed by atoms with Gasteiger partial charge in [0.2, 0.25) is 10.0 Å². The van der Waals surface area contributed by atoms with Crippen molar-refractivity contribution in [2.45, 2.75) is 25.1 Å². The van der Waals surface area contributed by atoms with Gasteiger partial charge in [0, 0.05) is 43.4 Å². The van der Waals surface area contributed by atoms with E-state index in [0.29, 0.717) is 18.5 Å². The molecule has 26 heavy (non-hydrogen) atoms. The molecule has 1 aromatic carbocycles. The molecule has 142 valence electrons. The number of likely N-dealkylation sites (N-methyl/N-ethyl adjacent to an activating group) is 1. The van der Waals surface area contributed by atoms with Crippen molar-refractivity contribution in [2.75, 3.05) is 31.3 Å². The van der Waals surface area contributed by atoms with E-state index in [1.54, 1.807) is 13.1 Å². The predicted octanol–water partition coefficient (Wildman–Crippen LogP) is 3.11. The van der Waals surface area contributed by atoms with Crippen molar-refractivity contribution in [1.29, 1.82) is 0 Å². The van der Waals surface area contributed by atoms with Crippen LogP contribution in [0.15, 0.2) is 30.5 Å². The molecule has 5 nitrogen and oxygen atoms in total. The lowest BCUT2D eigenvalue weighted by molar-refractivity contribution is -0.137. The van der Waals surface area contributed by atoms with Crippen LogP contribution < -0.4 is 4.90 Å². The number of benzene rings is 1. The van der Waals surface area contributed by atoms with Crippen molar-refractivity contribution in [2.24, 2.45) is 0 Å². The Morgan fingerprint density at radius 1 is 1.27 bits per heavy atom. The van der Waals surface area contributed by atoms with Gasteiger partial charge in [-0.25, -0.2) is 12.7 Å².